The number of nitrogens with zero attached hydrogens (tertiary/aromatic N) is 4. The van der Waals surface area contributed by atoms with E-state index in [2.05, 4.69) is 20.4 Å². The second-order valence-corrected chi connectivity index (χ2v) is 10.9. The molecule has 0 radical (unpaired) electrons. The molecule has 0 saturated carbocycles. The third-order valence-corrected chi connectivity index (χ3v) is 6.82. The highest BCUT2D eigenvalue weighted by Crippen LogP contribution is 2.42. The summed E-state index contributed by atoms with van der Waals surface area (Å²) in [5.74, 6) is -0.443. The van der Waals surface area contributed by atoms with E-state index < -0.39 is 19.8 Å². The largest absolute Gasteiger partial charge is 0.458 e. The fourth-order valence-corrected chi connectivity index (χ4v) is 4.90. The molecule has 2 aromatic heterocycles. The Kier molecular flexibility index (Phi) is 8.67. The fourth-order valence-electron chi connectivity index (χ4n) is 4.07. The zero-order valence-electron chi connectivity index (χ0n) is 20.8. The molecule has 5 N–H and O–H groups in total. The van der Waals surface area contributed by atoms with Gasteiger partial charge in [0.05, 0.1) is 25.6 Å². The molecule has 0 saturated heterocycles. The number of nitrogens with one attached hydrogen (secondary N) is 1. The number of benzene rings is 1. The van der Waals surface area contributed by atoms with E-state index >= 15 is 0 Å². The summed E-state index contributed by atoms with van der Waals surface area (Å²) in [4.78, 5) is 30.8. The minimum atomic E-state index is -4.15. The molecule has 0 fully saturated rings. The predicted molar refractivity (Wildman–Crippen MR) is 137 cm³/mol. The van der Waals surface area contributed by atoms with Crippen molar-refractivity contribution in [2.75, 3.05) is 12.3 Å². The van der Waals surface area contributed by atoms with Gasteiger partial charge in [-0.1, -0.05) is 56.3 Å². The van der Waals surface area contributed by atoms with Crippen LogP contribution >= 0.6 is 7.75 Å². The number of hydrogen-bond acceptors (Lipinski definition) is 10. The van der Waals surface area contributed by atoms with Crippen molar-refractivity contribution in [1.29, 1.82) is 0 Å². The molecular weight excluding hydrogens is 497 g/mol. The molecule has 37 heavy (non-hydrogen) atoms. The van der Waals surface area contributed by atoms with Crippen molar-refractivity contribution in [1.82, 2.24) is 25.0 Å². The first-order chi connectivity index (χ1) is 17.7. The van der Waals surface area contributed by atoms with Crippen LogP contribution in [0.5, 0.6) is 0 Å². The number of aromatic nitrogens is 4. The van der Waals surface area contributed by atoms with Gasteiger partial charge < -0.3 is 14.8 Å². The number of allylic oxidation sites excluding steroid dienone is 1. The minimum Gasteiger partial charge on any atom is -0.382 e. The highest BCUT2D eigenvalue weighted by molar-refractivity contribution is 7.51. The van der Waals surface area contributed by atoms with Crippen LogP contribution in [0.3, 0.4) is 0 Å². The number of nitrogen functional groups attached to an aromatic ring is 1. The number of carbonyl (C=O) groups is 1. The maximum atomic E-state index is 12.8. The Labute approximate surface area is 215 Å². The maximum absolute atomic E-state index is 12.8. The zero-order valence-corrected chi connectivity index (χ0v) is 21.7. The second-order valence-electron chi connectivity index (χ2n) is 9.35. The number of nitrogens with two attached hydrogens (primary N) is 2. The van der Waals surface area contributed by atoms with Gasteiger partial charge in [0, 0.05) is 5.92 Å². The summed E-state index contributed by atoms with van der Waals surface area (Å²) >= 11 is 0. The van der Waals surface area contributed by atoms with Gasteiger partial charge in [0.15, 0.2) is 11.5 Å². The summed E-state index contributed by atoms with van der Waals surface area (Å²) in [5, 5.41) is 0. The van der Waals surface area contributed by atoms with Crippen molar-refractivity contribution < 1.29 is 23.2 Å². The van der Waals surface area contributed by atoms with E-state index in [1.807, 2.05) is 60.9 Å². The molecule has 1 aliphatic carbocycles. The number of anilines is 1. The Hall–Kier alpha value is -3.15. The molecule has 4 rings (SSSR count). The third kappa shape index (κ3) is 7.21. The van der Waals surface area contributed by atoms with E-state index in [9.17, 15) is 9.36 Å². The van der Waals surface area contributed by atoms with Gasteiger partial charge in [0.1, 0.15) is 17.9 Å². The lowest BCUT2D eigenvalue weighted by Crippen LogP contribution is -2.39. The molecular formula is C24H32N7O5P. The van der Waals surface area contributed by atoms with Crippen LogP contribution < -0.4 is 16.7 Å². The number of rotatable bonds is 12. The number of hydroxylamine groups is 1. The molecule has 0 amide bonds. The van der Waals surface area contributed by atoms with E-state index in [0.717, 1.165) is 5.56 Å². The number of hydrogen-bond donors (Lipinski definition) is 3. The van der Waals surface area contributed by atoms with Crippen LogP contribution in [0, 0.1) is 11.8 Å². The summed E-state index contributed by atoms with van der Waals surface area (Å²) in [5.41, 5.74) is 16.4. The third-order valence-electron chi connectivity index (χ3n) is 5.88. The fraction of sp³-hybridized carbons (Fsp3) is 0.417. The molecule has 3 aromatic rings. The molecule has 0 spiro atoms. The Balaban J connectivity index is 1.28. The van der Waals surface area contributed by atoms with Gasteiger partial charge in [0.2, 0.25) is 0 Å². The Morgan fingerprint density at radius 3 is 2.76 bits per heavy atom. The Morgan fingerprint density at radius 1 is 1.22 bits per heavy atom. The monoisotopic (exact) mass is 529 g/mol. The minimum absolute atomic E-state index is 0.0184. The molecule has 4 atom stereocenters. The summed E-state index contributed by atoms with van der Waals surface area (Å²) in [6.07, 6.45) is 7.99. The first-order valence-electron chi connectivity index (χ1n) is 12.0. The van der Waals surface area contributed by atoms with Gasteiger partial charge in [-0.05, 0) is 24.3 Å². The van der Waals surface area contributed by atoms with Crippen LogP contribution in [0.1, 0.15) is 38.3 Å². The average Bonchev–Trinajstić information content (AvgIpc) is 3.50. The van der Waals surface area contributed by atoms with Gasteiger partial charge >= 0.3 is 13.7 Å². The van der Waals surface area contributed by atoms with Crippen molar-refractivity contribution in [3.63, 3.8) is 0 Å². The molecule has 0 bridgehead atoms. The summed E-state index contributed by atoms with van der Waals surface area (Å²) < 4.78 is 25.1. The Morgan fingerprint density at radius 2 is 2.00 bits per heavy atom. The van der Waals surface area contributed by atoms with Gasteiger partial charge in [-0.25, -0.2) is 29.8 Å². The predicted octanol–water partition coefficient (Wildman–Crippen LogP) is 3.29. The van der Waals surface area contributed by atoms with E-state index in [1.54, 1.807) is 6.33 Å². The molecule has 1 unspecified atom stereocenters. The number of carbonyl (C=O) groups excluding carboxylic acids is 1. The lowest BCUT2D eigenvalue weighted by Gasteiger charge is -2.22. The zero-order chi connectivity index (χ0) is 26.4. The Bertz CT molecular complexity index is 1280. The molecule has 1 aromatic carbocycles. The lowest BCUT2D eigenvalue weighted by molar-refractivity contribution is -0.143. The molecule has 2 heterocycles. The molecule has 12 nitrogen and oxygen atoms in total. The summed E-state index contributed by atoms with van der Waals surface area (Å²) in [7, 11) is -4.15. The summed E-state index contributed by atoms with van der Waals surface area (Å²) in [6, 6.07) is 8.59. The highest BCUT2D eigenvalue weighted by atomic mass is 31.2. The van der Waals surface area contributed by atoms with Crippen LogP contribution in [0.2, 0.25) is 0 Å². The van der Waals surface area contributed by atoms with E-state index in [0.29, 0.717) is 29.8 Å². The van der Waals surface area contributed by atoms with E-state index in [-0.39, 0.29) is 31.1 Å². The van der Waals surface area contributed by atoms with E-state index in [4.69, 9.17) is 25.1 Å². The van der Waals surface area contributed by atoms with Gasteiger partial charge in [-0.3, -0.25) is 9.36 Å². The van der Waals surface area contributed by atoms with Crippen LogP contribution in [-0.4, -0.2) is 38.1 Å². The van der Waals surface area contributed by atoms with Crippen LogP contribution in [0.25, 0.3) is 11.2 Å². The number of fused-ring (bicyclic) bond motifs is 1. The first kappa shape index (κ1) is 26.9. The smallest absolute Gasteiger partial charge is 0.382 e. The number of imidazole rings is 1. The first-order valence-corrected chi connectivity index (χ1v) is 13.6. The average molecular weight is 530 g/mol. The second kappa shape index (κ2) is 11.9. The van der Waals surface area contributed by atoms with Crippen molar-refractivity contribution in [2.45, 2.75) is 45.4 Å². The van der Waals surface area contributed by atoms with Crippen molar-refractivity contribution in [3.05, 3.63) is 60.7 Å². The van der Waals surface area contributed by atoms with Crippen molar-refractivity contribution in [3.8, 4) is 0 Å². The molecule has 198 valence electrons. The van der Waals surface area contributed by atoms with Crippen LogP contribution in [0.4, 0.5) is 5.82 Å². The quantitative estimate of drug-likeness (QED) is 0.179. The normalized spacial score (nSPS) is 19.8. The maximum Gasteiger partial charge on any atom is 0.458 e. The van der Waals surface area contributed by atoms with Crippen molar-refractivity contribution >= 4 is 30.7 Å². The van der Waals surface area contributed by atoms with Gasteiger partial charge in [-0.2, -0.15) is 5.48 Å². The van der Waals surface area contributed by atoms with Gasteiger partial charge in [-0.15, -0.1) is 0 Å². The molecule has 0 aliphatic heterocycles. The molecule has 1 aliphatic rings. The lowest BCUT2D eigenvalue weighted by atomic mass is 10.1. The van der Waals surface area contributed by atoms with Gasteiger partial charge in [0.25, 0.3) is 0 Å². The van der Waals surface area contributed by atoms with Crippen LogP contribution in [0.15, 0.2) is 55.1 Å². The highest BCUT2D eigenvalue weighted by Gasteiger charge is 2.32. The topological polar surface area (TPSA) is 170 Å². The SMILES string of the molecule is CC(C)C[C@@H](NOCc1ccccc1)C(=O)OP(N)(=O)OC[C@H]1C=C[C@@H](n2cnc3c(N)ncnc32)C1. The van der Waals surface area contributed by atoms with E-state index in [1.165, 1.54) is 6.33 Å². The van der Waals surface area contributed by atoms with Crippen LogP contribution in [-0.2, 0) is 29.9 Å². The standard InChI is InChI=1S/C24H32N7O5P/c1-16(2)10-20(30-34-12-17-6-4-3-5-7-17)24(32)36-37(26,33)35-13-18-8-9-19(11-18)31-15-29-21-22(25)27-14-28-23(21)31/h3-9,14-16,18-20,30H,10-13H2,1-2H3,(H2,26,33)(H2,25,27,28)/t18-,19+,20+,37?/m0/s1. The summed E-state index contributed by atoms with van der Waals surface area (Å²) in [6.45, 7) is 4.17. The molecule has 13 heteroatoms. The van der Waals surface area contributed by atoms with Crippen molar-refractivity contribution in [2.24, 2.45) is 17.3 Å².